The van der Waals surface area contributed by atoms with E-state index in [1.807, 2.05) is 0 Å². The Hall–Kier alpha value is -3.68. The molecule has 0 spiro atoms. The number of methoxy groups -OCH3 is 2. The second-order valence-corrected chi connectivity index (χ2v) is 6.14. The standard InChI is InChI=1S/C21H22N2O6/c1-14(24)22-11-10-16-12-20(28-2)21(29-3)13-18(16)19(25)9-6-15-4-7-17(8-5-15)23(26)27/h4-9,12-13H,10-11H2,1-3H3,(H,22,24)/b9-6+. The number of allylic oxidation sites excluding steroid dienone is 1. The lowest BCUT2D eigenvalue weighted by Crippen LogP contribution is -2.23. The van der Waals surface area contributed by atoms with Crippen molar-refractivity contribution < 1.29 is 24.0 Å². The van der Waals surface area contributed by atoms with Crippen LogP contribution in [0.2, 0.25) is 0 Å². The van der Waals surface area contributed by atoms with Crippen LogP contribution in [0.4, 0.5) is 5.69 Å². The fraction of sp³-hybridized carbons (Fsp3) is 0.238. The molecule has 0 heterocycles. The van der Waals surface area contributed by atoms with Crippen LogP contribution in [-0.2, 0) is 11.2 Å². The summed E-state index contributed by atoms with van der Waals surface area (Å²) in [6, 6.07) is 9.19. The van der Waals surface area contributed by atoms with Gasteiger partial charge in [0.1, 0.15) is 0 Å². The number of amides is 1. The predicted molar refractivity (Wildman–Crippen MR) is 108 cm³/mol. The quantitative estimate of drug-likeness (QED) is 0.301. The molecule has 0 radical (unpaired) electrons. The predicted octanol–water partition coefficient (Wildman–Crippen LogP) is 3.19. The average molecular weight is 398 g/mol. The molecular formula is C21H22N2O6. The molecule has 1 amide bonds. The van der Waals surface area contributed by atoms with Crippen molar-refractivity contribution in [2.24, 2.45) is 0 Å². The first-order valence-electron chi connectivity index (χ1n) is 8.82. The Morgan fingerprint density at radius 1 is 1.10 bits per heavy atom. The van der Waals surface area contributed by atoms with Crippen molar-refractivity contribution in [3.8, 4) is 11.5 Å². The summed E-state index contributed by atoms with van der Waals surface area (Å²) in [7, 11) is 2.99. The van der Waals surface area contributed by atoms with Crippen LogP contribution in [-0.4, -0.2) is 37.4 Å². The molecule has 2 rings (SSSR count). The van der Waals surface area contributed by atoms with Crippen LogP contribution >= 0.6 is 0 Å². The molecular weight excluding hydrogens is 376 g/mol. The fourth-order valence-electron chi connectivity index (χ4n) is 2.70. The third-order valence-electron chi connectivity index (χ3n) is 4.17. The molecule has 8 nitrogen and oxygen atoms in total. The fourth-order valence-corrected chi connectivity index (χ4v) is 2.70. The number of carbonyl (C=O) groups is 2. The molecule has 2 aromatic rings. The van der Waals surface area contributed by atoms with Gasteiger partial charge in [0.15, 0.2) is 17.3 Å². The first-order chi connectivity index (χ1) is 13.8. The Bertz CT molecular complexity index is 935. The zero-order valence-electron chi connectivity index (χ0n) is 16.4. The molecule has 0 aliphatic heterocycles. The van der Waals surface area contributed by atoms with Crippen LogP contribution in [0.3, 0.4) is 0 Å². The van der Waals surface area contributed by atoms with Crippen molar-refractivity contribution in [3.63, 3.8) is 0 Å². The van der Waals surface area contributed by atoms with Gasteiger partial charge >= 0.3 is 0 Å². The lowest BCUT2D eigenvalue weighted by atomic mass is 9.99. The van der Waals surface area contributed by atoms with Gasteiger partial charge in [-0.05, 0) is 47.9 Å². The van der Waals surface area contributed by atoms with Crippen molar-refractivity contribution >= 4 is 23.5 Å². The number of carbonyl (C=O) groups excluding carboxylic acids is 2. The van der Waals surface area contributed by atoms with Crippen LogP contribution in [0.5, 0.6) is 11.5 Å². The van der Waals surface area contributed by atoms with Crippen molar-refractivity contribution in [1.29, 1.82) is 0 Å². The van der Waals surface area contributed by atoms with E-state index < -0.39 is 4.92 Å². The Balaban J connectivity index is 2.30. The SMILES string of the molecule is COc1cc(CCNC(C)=O)c(C(=O)/C=C/c2ccc([N+](=O)[O-])cc2)cc1OC. The number of ether oxygens (including phenoxy) is 2. The van der Waals surface area contributed by atoms with Gasteiger partial charge in [-0.25, -0.2) is 0 Å². The minimum Gasteiger partial charge on any atom is -0.493 e. The topological polar surface area (TPSA) is 108 Å². The van der Waals surface area contributed by atoms with Gasteiger partial charge in [-0.15, -0.1) is 0 Å². The minimum atomic E-state index is -0.483. The Morgan fingerprint density at radius 3 is 2.28 bits per heavy atom. The van der Waals surface area contributed by atoms with Gasteiger partial charge in [0.25, 0.3) is 5.69 Å². The molecule has 0 saturated heterocycles. The first kappa shape index (κ1) is 21.6. The average Bonchev–Trinajstić information content (AvgIpc) is 2.71. The molecule has 8 heteroatoms. The third kappa shape index (κ3) is 5.90. The van der Waals surface area contributed by atoms with Gasteiger partial charge in [0, 0.05) is 31.2 Å². The van der Waals surface area contributed by atoms with E-state index in [4.69, 9.17) is 9.47 Å². The van der Waals surface area contributed by atoms with Crippen LogP contribution < -0.4 is 14.8 Å². The summed E-state index contributed by atoms with van der Waals surface area (Å²) in [5.74, 6) is 0.489. The Kier molecular flexibility index (Phi) is 7.47. The van der Waals surface area contributed by atoms with Gasteiger partial charge < -0.3 is 14.8 Å². The van der Waals surface area contributed by atoms with Gasteiger partial charge in [-0.1, -0.05) is 6.08 Å². The van der Waals surface area contributed by atoms with Gasteiger partial charge in [0.05, 0.1) is 19.1 Å². The molecule has 0 aliphatic rings. The highest BCUT2D eigenvalue weighted by Gasteiger charge is 2.15. The van der Waals surface area contributed by atoms with Crippen molar-refractivity contribution in [2.45, 2.75) is 13.3 Å². The van der Waals surface area contributed by atoms with E-state index in [1.54, 1.807) is 30.3 Å². The number of nitrogens with one attached hydrogen (secondary N) is 1. The number of benzene rings is 2. The minimum absolute atomic E-state index is 0.0198. The normalized spacial score (nSPS) is 10.6. The highest BCUT2D eigenvalue weighted by atomic mass is 16.6. The number of nitrogens with zero attached hydrogens (tertiary/aromatic N) is 1. The molecule has 152 valence electrons. The van der Waals surface area contributed by atoms with E-state index in [2.05, 4.69) is 5.32 Å². The molecule has 29 heavy (non-hydrogen) atoms. The van der Waals surface area contributed by atoms with Gasteiger partial charge in [-0.3, -0.25) is 19.7 Å². The third-order valence-corrected chi connectivity index (χ3v) is 4.17. The summed E-state index contributed by atoms with van der Waals surface area (Å²) in [4.78, 5) is 34.2. The van der Waals surface area contributed by atoms with Crippen LogP contribution in [0.1, 0.15) is 28.4 Å². The maximum atomic E-state index is 12.8. The molecule has 0 bridgehead atoms. The highest BCUT2D eigenvalue weighted by Crippen LogP contribution is 2.31. The number of nitro benzene ring substituents is 1. The Morgan fingerprint density at radius 2 is 1.72 bits per heavy atom. The summed E-state index contributed by atoms with van der Waals surface area (Å²) >= 11 is 0. The van der Waals surface area contributed by atoms with Crippen molar-refractivity contribution in [1.82, 2.24) is 5.32 Å². The lowest BCUT2D eigenvalue weighted by Gasteiger charge is -2.14. The number of hydrogen-bond donors (Lipinski definition) is 1. The molecule has 2 aromatic carbocycles. The largest absolute Gasteiger partial charge is 0.493 e. The molecule has 0 saturated carbocycles. The monoisotopic (exact) mass is 398 g/mol. The maximum Gasteiger partial charge on any atom is 0.269 e. The van der Waals surface area contributed by atoms with Crippen LogP contribution in [0.15, 0.2) is 42.5 Å². The maximum absolute atomic E-state index is 12.8. The second kappa shape index (κ2) is 10.0. The van der Waals surface area contributed by atoms with E-state index in [1.165, 1.54) is 39.4 Å². The zero-order chi connectivity index (χ0) is 21.4. The van der Waals surface area contributed by atoms with E-state index in [0.717, 1.165) is 0 Å². The number of non-ortho nitro benzene ring substituents is 1. The molecule has 0 fully saturated rings. The number of ketones is 1. The van der Waals surface area contributed by atoms with Crippen molar-refractivity contribution in [2.75, 3.05) is 20.8 Å². The van der Waals surface area contributed by atoms with Gasteiger partial charge in [-0.2, -0.15) is 0 Å². The van der Waals surface area contributed by atoms with E-state index in [9.17, 15) is 19.7 Å². The Labute approximate surface area is 168 Å². The lowest BCUT2D eigenvalue weighted by molar-refractivity contribution is -0.384. The number of rotatable bonds is 9. The van der Waals surface area contributed by atoms with Crippen molar-refractivity contribution in [3.05, 3.63) is 69.3 Å². The first-order valence-corrected chi connectivity index (χ1v) is 8.82. The molecule has 0 aliphatic carbocycles. The molecule has 0 atom stereocenters. The number of nitro groups is 1. The molecule has 1 N–H and O–H groups in total. The summed E-state index contributed by atoms with van der Waals surface area (Å²) in [5.41, 5.74) is 1.76. The van der Waals surface area contributed by atoms with E-state index in [-0.39, 0.29) is 17.4 Å². The summed E-state index contributed by atoms with van der Waals surface area (Å²) < 4.78 is 10.6. The van der Waals surface area contributed by atoms with Gasteiger partial charge in [0.2, 0.25) is 5.91 Å². The van der Waals surface area contributed by atoms with Crippen LogP contribution in [0.25, 0.3) is 6.08 Å². The zero-order valence-corrected chi connectivity index (χ0v) is 16.4. The molecule has 0 aromatic heterocycles. The molecule has 0 unspecified atom stereocenters. The number of hydrogen-bond acceptors (Lipinski definition) is 6. The van der Waals surface area contributed by atoms with Crippen LogP contribution in [0, 0.1) is 10.1 Å². The summed E-state index contributed by atoms with van der Waals surface area (Å²) in [6.07, 6.45) is 3.41. The smallest absolute Gasteiger partial charge is 0.269 e. The van der Waals surface area contributed by atoms with E-state index in [0.29, 0.717) is 41.2 Å². The summed E-state index contributed by atoms with van der Waals surface area (Å²) in [5, 5.41) is 13.4. The van der Waals surface area contributed by atoms with E-state index >= 15 is 0 Å². The summed E-state index contributed by atoms with van der Waals surface area (Å²) in [6.45, 7) is 1.80. The highest BCUT2D eigenvalue weighted by molar-refractivity contribution is 6.08. The second-order valence-electron chi connectivity index (χ2n) is 6.14.